The fraction of sp³-hybridized carbons (Fsp3) is 0.375. The molecule has 1 amide bonds. The van der Waals surface area contributed by atoms with Crippen LogP contribution in [0.5, 0.6) is 0 Å². The number of amides is 1. The fourth-order valence-electron chi connectivity index (χ4n) is 2.62. The molecular weight excluding hydrogens is 320 g/mol. The van der Waals surface area contributed by atoms with E-state index in [1.165, 1.54) is 11.3 Å². The van der Waals surface area contributed by atoms with Gasteiger partial charge in [-0.05, 0) is 12.5 Å². The SMILES string of the molecule is O=C(Cc1csc(-c2ccccc2Cl)n1)N1CCC(CO)C1. The summed E-state index contributed by atoms with van der Waals surface area (Å²) in [5.41, 5.74) is 1.67. The summed E-state index contributed by atoms with van der Waals surface area (Å²) in [5.74, 6) is 0.296. The normalized spacial score (nSPS) is 17.9. The number of thiazole rings is 1. The number of carbonyl (C=O) groups excluding carboxylic acids is 1. The molecular formula is C16H17ClN2O2S. The van der Waals surface area contributed by atoms with Crippen molar-refractivity contribution >= 4 is 28.8 Å². The second-order valence-corrected chi connectivity index (χ2v) is 6.74. The van der Waals surface area contributed by atoms with Crippen molar-refractivity contribution in [1.29, 1.82) is 0 Å². The Morgan fingerprint density at radius 3 is 3.00 bits per heavy atom. The molecule has 1 aliphatic rings. The van der Waals surface area contributed by atoms with Crippen LogP contribution in [0.15, 0.2) is 29.6 Å². The maximum absolute atomic E-state index is 12.3. The minimum absolute atomic E-state index is 0.0759. The lowest BCUT2D eigenvalue weighted by Crippen LogP contribution is -2.30. The van der Waals surface area contributed by atoms with Crippen molar-refractivity contribution in [2.75, 3.05) is 19.7 Å². The van der Waals surface area contributed by atoms with Crippen molar-refractivity contribution in [3.8, 4) is 10.6 Å². The first-order chi connectivity index (χ1) is 10.7. The summed E-state index contributed by atoms with van der Waals surface area (Å²) in [6, 6.07) is 7.57. The van der Waals surface area contributed by atoms with Crippen LogP contribution in [0.25, 0.3) is 10.6 Å². The van der Waals surface area contributed by atoms with E-state index in [2.05, 4.69) is 4.98 Å². The molecule has 1 fully saturated rings. The number of carbonyl (C=O) groups is 1. The topological polar surface area (TPSA) is 53.4 Å². The molecule has 0 aliphatic carbocycles. The van der Waals surface area contributed by atoms with Gasteiger partial charge in [0, 0.05) is 36.6 Å². The van der Waals surface area contributed by atoms with Gasteiger partial charge >= 0.3 is 0 Å². The third-order valence-corrected chi connectivity index (χ3v) is 5.14. The van der Waals surface area contributed by atoms with Crippen molar-refractivity contribution in [1.82, 2.24) is 9.88 Å². The van der Waals surface area contributed by atoms with Crippen LogP contribution in [0.3, 0.4) is 0 Å². The molecule has 1 aromatic heterocycles. The Bertz CT molecular complexity index is 674. The summed E-state index contributed by atoms with van der Waals surface area (Å²) in [6.45, 7) is 1.53. The smallest absolute Gasteiger partial charge is 0.228 e. The second kappa shape index (κ2) is 6.77. The maximum Gasteiger partial charge on any atom is 0.228 e. The van der Waals surface area contributed by atoms with E-state index in [0.717, 1.165) is 29.2 Å². The lowest BCUT2D eigenvalue weighted by molar-refractivity contribution is -0.129. The van der Waals surface area contributed by atoms with Crippen molar-refractivity contribution in [2.45, 2.75) is 12.8 Å². The molecule has 4 nitrogen and oxygen atoms in total. The lowest BCUT2D eigenvalue weighted by atomic mass is 10.1. The zero-order valence-electron chi connectivity index (χ0n) is 12.0. The van der Waals surface area contributed by atoms with E-state index in [9.17, 15) is 4.79 Å². The minimum Gasteiger partial charge on any atom is -0.396 e. The van der Waals surface area contributed by atoms with Crippen LogP contribution in [0.1, 0.15) is 12.1 Å². The fourth-order valence-corrected chi connectivity index (χ4v) is 3.76. The molecule has 1 atom stereocenters. The highest BCUT2D eigenvalue weighted by molar-refractivity contribution is 7.13. The quantitative estimate of drug-likeness (QED) is 0.934. The predicted molar refractivity (Wildman–Crippen MR) is 88.0 cm³/mol. The first kappa shape index (κ1) is 15.5. The predicted octanol–water partition coefficient (Wildman–Crippen LogP) is 2.85. The van der Waals surface area contributed by atoms with Gasteiger partial charge in [0.1, 0.15) is 5.01 Å². The van der Waals surface area contributed by atoms with Crippen LogP contribution < -0.4 is 0 Å². The number of nitrogens with zero attached hydrogens (tertiary/aromatic N) is 2. The second-order valence-electron chi connectivity index (χ2n) is 5.48. The highest BCUT2D eigenvalue weighted by Crippen LogP contribution is 2.30. The number of hydrogen-bond acceptors (Lipinski definition) is 4. The minimum atomic E-state index is 0.0759. The van der Waals surface area contributed by atoms with Gasteiger partial charge in [-0.15, -0.1) is 11.3 Å². The van der Waals surface area contributed by atoms with Crippen LogP contribution in [0, 0.1) is 5.92 Å². The van der Waals surface area contributed by atoms with Crippen LogP contribution in [-0.2, 0) is 11.2 Å². The average Bonchev–Trinajstić information content (AvgIpc) is 3.16. The van der Waals surface area contributed by atoms with E-state index in [4.69, 9.17) is 16.7 Å². The Hall–Kier alpha value is -1.43. The van der Waals surface area contributed by atoms with Gasteiger partial charge in [0.05, 0.1) is 17.1 Å². The number of likely N-dealkylation sites (tertiary alicyclic amines) is 1. The number of aliphatic hydroxyl groups excluding tert-OH is 1. The summed E-state index contributed by atoms with van der Waals surface area (Å²) in [7, 11) is 0. The highest BCUT2D eigenvalue weighted by atomic mass is 35.5. The summed E-state index contributed by atoms with van der Waals surface area (Å²) >= 11 is 7.68. The lowest BCUT2D eigenvalue weighted by Gasteiger charge is -2.15. The molecule has 116 valence electrons. The first-order valence-corrected chi connectivity index (χ1v) is 8.51. The first-order valence-electron chi connectivity index (χ1n) is 7.25. The molecule has 6 heteroatoms. The van der Waals surface area contributed by atoms with Gasteiger partial charge < -0.3 is 10.0 Å². The molecule has 0 saturated carbocycles. The van der Waals surface area contributed by atoms with E-state index in [-0.39, 0.29) is 18.4 Å². The number of rotatable bonds is 4. The molecule has 22 heavy (non-hydrogen) atoms. The number of aliphatic hydroxyl groups is 1. The molecule has 1 aliphatic heterocycles. The van der Waals surface area contributed by atoms with Crippen LogP contribution >= 0.6 is 22.9 Å². The van der Waals surface area contributed by atoms with E-state index in [0.29, 0.717) is 18.0 Å². The number of benzene rings is 1. The summed E-state index contributed by atoms with van der Waals surface area (Å²) in [6.07, 6.45) is 1.18. The van der Waals surface area contributed by atoms with Gasteiger partial charge in [0.25, 0.3) is 0 Å². The van der Waals surface area contributed by atoms with Crippen molar-refractivity contribution < 1.29 is 9.90 Å². The third-order valence-electron chi connectivity index (χ3n) is 3.89. The molecule has 1 unspecified atom stereocenters. The van der Waals surface area contributed by atoms with Gasteiger partial charge in [-0.1, -0.05) is 29.8 Å². The van der Waals surface area contributed by atoms with E-state index in [1.54, 1.807) is 0 Å². The zero-order chi connectivity index (χ0) is 15.5. The Kier molecular flexibility index (Phi) is 4.76. The Morgan fingerprint density at radius 1 is 1.45 bits per heavy atom. The average molecular weight is 337 g/mol. The molecule has 2 aromatic rings. The van der Waals surface area contributed by atoms with Crippen molar-refractivity contribution in [3.05, 3.63) is 40.4 Å². The van der Waals surface area contributed by atoms with E-state index < -0.39 is 0 Å². The summed E-state index contributed by atoms with van der Waals surface area (Å²) in [5, 5.41) is 12.6. The number of aromatic nitrogens is 1. The van der Waals surface area contributed by atoms with Crippen LogP contribution in [0.2, 0.25) is 5.02 Å². The highest BCUT2D eigenvalue weighted by Gasteiger charge is 2.26. The number of hydrogen-bond donors (Lipinski definition) is 1. The largest absolute Gasteiger partial charge is 0.396 e. The third kappa shape index (κ3) is 3.32. The summed E-state index contributed by atoms with van der Waals surface area (Å²) in [4.78, 5) is 18.6. The van der Waals surface area contributed by atoms with Crippen molar-refractivity contribution in [2.24, 2.45) is 5.92 Å². The molecule has 1 N–H and O–H groups in total. The Balaban J connectivity index is 1.67. The van der Waals surface area contributed by atoms with Gasteiger partial charge in [0.2, 0.25) is 5.91 Å². The standard InChI is InChI=1S/C16H17ClN2O2S/c17-14-4-2-1-3-13(14)16-18-12(10-22-16)7-15(21)19-6-5-11(8-19)9-20/h1-4,10-11,20H,5-9H2. The molecule has 1 saturated heterocycles. The van der Waals surface area contributed by atoms with Crippen LogP contribution in [-0.4, -0.2) is 40.6 Å². The molecule has 0 bridgehead atoms. The van der Waals surface area contributed by atoms with Crippen LogP contribution in [0.4, 0.5) is 0 Å². The Morgan fingerprint density at radius 2 is 2.27 bits per heavy atom. The molecule has 2 heterocycles. The van der Waals surface area contributed by atoms with E-state index in [1.807, 2.05) is 34.5 Å². The molecule has 0 radical (unpaired) electrons. The maximum atomic E-state index is 12.3. The monoisotopic (exact) mass is 336 g/mol. The Labute approximate surface area is 138 Å². The summed E-state index contributed by atoms with van der Waals surface area (Å²) < 4.78 is 0. The zero-order valence-corrected chi connectivity index (χ0v) is 13.6. The molecule has 1 aromatic carbocycles. The van der Waals surface area contributed by atoms with Crippen molar-refractivity contribution in [3.63, 3.8) is 0 Å². The van der Waals surface area contributed by atoms with Gasteiger partial charge in [0.15, 0.2) is 0 Å². The number of halogens is 1. The van der Waals surface area contributed by atoms with E-state index >= 15 is 0 Å². The molecule has 3 rings (SSSR count). The van der Waals surface area contributed by atoms with Gasteiger partial charge in [-0.25, -0.2) is 4.98 Å². The van der Waals surface area contributed by atoms with Gasteiger partial charge in [-0.3, -0.25) is 4.79 Å². The van der Waals surface area contributed by atoms with Gasteiger partial charge in [-0.2, -0.15) is 0 Å². The molecule has 0 spiro atoms.